The van der Waals surface area contributed by atoms with Crippen LogP contribution in [0.3, 0.4) is 0 Å². The van der Waals surface area contributed by atoms with E-state index in [0.29, 0.717) is 24.5 Å². The molecule has 0 bridgehead atoms. The molecule has 1 aliphatic carbocycles. The number of nitrogens with zero attached hydrogens (tertiary/aromatic N) is 3. The van der Waals surface area contributed by atoms with E-state index in [-0.39, 0.29) is 11.9 Å². The number of methoxy groups -OCH3 is 1. The number of aryl methyl sites for hydroxylation is 3. The zero-order chi connectivity index (χ0) is 20.4. The topological polar surface area (TPSA) is 82.2 Å². The summed E-state index contributed by atoms with van der Waals surface area (Å²) < 4.78 is 12.2. The second-order valence-electron chi connectivity index (χ2n) is 7.57. The molecule has 1 atom stereocenters. The molecule has 0 aliphatic heterocycles. The van der Waals surface area contributed by atoms with Crippen molar-refractivity contribution in [3.63, 3.8) is 0 Å². The van der Waals surface area contributed by atoms with E-state index in [1.54, 1.807) is 6.07 Å². The van der Waals surface area contributed by atoms with Crippen LogP contribution in [0.4, 0.5) is 0 Å². The van der Waals surface area contributed by atoms with Crippen LogP contribution >= 0.6 is 0 Å². The molecule has 2 heterocycles. The normalized spacial score (nSPS) is 15.8. The minimum absolute atomic E-state index is 0.00264. The van der Waals surface area contributed by atoms with Gasteiger partial charge in [0.2, 0.25) is 5.91 Å². The van der Waals surface area contributed by atoms with Crippen LogP contribution < -0.4 is 10.1 Å². The van der Waals surface area contributed by atoms with Crippen LogP contribution in [0.15, 0.2) is 35.0 Å². The van der Waals surface area contributed by atoms with Crippen molar-refractivity contribution >= 4 is 5.91 Å². The third-order valence-corrected chi connectivity index (χ3v) is 5.60. The van der Waals surface area contributed by atoms with Gasteiger partial charge in [-0.3, -0.25) is 4.79 Å². The molecule has 0 unspecified atom stereocenters. The number of fused-ring (bicyclic) bond motifs is 1. The van der Waals surface area contributed by atoms with E-state index in [1.165, 1.54) is 23.9 Å². The fraction of sp³-hybridized carbons (Fsp3) is 0.409. The summed E-state index contributed by atoms with van der Waals surface area (Å²) in [6, 6.07) is 8.09. The van der Waals surface area contributed by atoms with Gasteiger partial charge in [-0.25, -0.2) is 4.68 Å². The summed E-state index contributed by atoms with van der Waals surface area (Å²) >= 11 is 0. The first-order valence-corrected chi connectivity index (χ1v) is 9.98. The zero-order valence-corrected chi connectivity index (χ0v) is 17.1. The molecule has 0 fully saturated rings. The molecule has 4 rings (SSSR count). The molecule has 1 aromatic carbocycles. The van der Waals surface area contributed by atoms with Gasteiger partial charge >= 0.3 is 0 Å². The Morgan fingerprint density at radius 2 is 2.17 bits per heavy atom. The van der Waals surface area contributed by atoms with Gasteiger partial charge in [0.05, 0.1) is 25.0 Å². The first-order valence-electron chi connectivity index (χ1n) is 9.98. The Morgan fingerprint density at radius 3 is 2.93 bits per heavy atom. The number of amides is 1. The van der Waals surface area contributed by atoms with Crippen LogP contribution in [0.25, 0.3) is 5.69 Å². The molecule has 29 heavy (non-hydrogen) atoms. The Bertz CT molecular complexity index is 1020. The monoisotopic (exact) mass is 394 g/mol. The van der Waals surface area contributed by atoms with E-state index in [1.807, 2.05) is 10.9 Å². The highest BCUT2D eigenvalue weighted by Gasteiger charge is 2.26. The number of nitrogens with one attached hydrogen (secondary N) is 1. The van der Waals surface area contributed by atoms with Gasteiger partial charge in [0.25, 0.3) is 5.88 Å². The van der Waals surface area contributed by atoms with Crippen molar-refractivity contribution in [3.05, 3.63) is 58.6 Å². The average molecular weight is 394 g/mol. The highest BCUT2D eigenvalue weighted by Crippen LogP contribution is 2.31. The molecule has 1 N–H and O–H groups in total. The Hall–Kier alpha value is -3.09. The third-order valence-electron chi connectivity index (χ3n) is 5.60. The number of benzene rings is 1. The van der Waals surface area contributed by atoms with E-state index < -0.39 is 0 Å². The fourth-order valence-electron chi connectivity index (χ4n) is 3.80. The molecule has 152 valence electrons. The Morgan fingerprint density at radius 1 is 1.31 bits per heavy atom. The van der Waals surface area contributed by atoms with E-state index in [4.69, 9.17) is 9.26 Å². The summed E-state index contributed by atoms with van der Waals surface area (Å²) in [6.07, 6.45) is 5.64. The highest BCUT2D eigenvalue weighted by atomic mass is 16.5. The largest absolute Gasteiger partial charge is 0.479 e. The van der Waals surface area contributed by atoms with Gasteiger partial charge in [-0.15, -0.1) is 0 Å². The number of rotatable bonds is 6. The van der Waals surface area contributed by atoms with E-state index in [9.17, 15) is 4.79 Å². The van der Waals surface area contributed by atoms with Gasteiger partial charge in [0.15, 0.2) is 0 Å². The summed E-state index contributed by atoms with van der Waals surface area (Å²) in [5.74, 6) is 1.07. The summed E-state index contributed by atoms with van der Waals surface area (Å²) in [5, 5.41) is 11.6. The zero-order valence-electron chi connectivity index (χ0n) is 17.1. The molecule has 0 radical (unpaired) electrons. The predicted octanol–water partition coefficient (Wildman–Crippen LogP) is 3.61. The predicted molar refractivity (Wildman–Crippen MR) is 108 cm³/mol. The molecular formula is C22H26N4O3. The van der Waals surface area contributed by atoms with Crippen LogP contribution in [0, 0.1) is 13.8 Å². The summed E-state index contributed by atoms with van der Waals surface area (Å²) in [4.78, 5) is 12.5. The second kappa shape index (κ2) is 8.11. The Labute approximate surface area is 170 Å². The molecule has 7 nitrogen and oxygen atoms in total. The molecule has 0 saturated heterocycles. The van der Waals surface area contributed by atoms with Crippen LogP contribution in [0.1, 0.15) is 53.4 Å². The summed E-state index contributed by atoms with van der Waals surface area (Å²) in [5.41, 5.74) is 5.88. The van der Waals surface area contributed by atoms with E-state index >= 15 is 0 Å². The van der Waals surface area contributed by atoms with Gasteiger partial charge < -0.3 is 14.6 Å². The molecule has 3 aromatic rings. The van der Waals surface area contributed by atoms with Crippen molar-refractivity contribution in [2.75, 3.05) is 7.11 Å². The lowest BCUT2D eigenvalue weighted by Crippen LogP contribution is -2.31. The van der Waals surface area contributed by atoms with E-state index in [0.717, 1.165) is 30.5 Å². The maximum Gasteiger partial charge on any atom is 0.254 e. The van der Waals surface area contributed by atoms with Crippen molar-refractivity contribution in [1.29, 1.82) is 0 Å². The van der Waals surface area contributed by atoms with Gasteiger partial charge in [0, 0.05) is 30.2 Å². The lowest BCUT2D eigenvalue weighted by atomic mass is 9.92. The van der Waals surface area contributed by atoms with Gasteiger partial charge in [-0.05, 0) is 61.5 Å². The number of hydrogen-bond donors (Lipinski definition) is 1. The first kappa shape index (κ1) is 19.2. The number of hydrogen-bond acceptors (Lipinski definition) is 5. The van der Waals surface area contributed by atoms with Gasteiger partial charge in [0.1, 0.15) is 5.76 Å². The van der Waals surface area contributed by atoms with Crippen molar-refractivity contribution in [2.24, 2.45) is 0 Å². The maximum atomic E-state index is 12.5. The Kier molecular flexibility index (Phi) is 5.38. The first-order chi connectivity index (χ1) is 14.0. The smallest absolute Gasteiger partial charge is 0.254 e. The summed E-state index contributed by atoms with van der Waals surface area (Å²) in [6.45, 7) is 4.22. The Balaban J connectivity index is 1.45. The molecule has 2 aromatic heterocycles. The van der Waals surface area contributed by atoms with Crippen LogP contribution in [-0.2, 0) is 17.6 Å². The quantitative estimate of drug-likeness (QED) is 0.691. The standard InChI is InChI=1S/C22H26N4O3/c1-14-7-8-16(11-15(14)2)26-20-6-4-5-19(18(20)13-23-26)24-21(27)10-9-17-12-22(28-3)25-29-17/h7-8,11-13,19H,4-6,9-10H2,1-3H3,(H,24,27)/t19-/m0/s1. The van der Waals surface area contributed by atoms with Gasteiger partial charge in [-0.1, -0.05) is 6.07 Å². The average Bonchev–Trinajstić information content (AvgIpc) is 3.36. The number of ether oxygens (including phenoxy) is 1. The van der Waals surface area contributed by atoms with Crippen LogP contribution in [-0.4, -0.2) is 28.0 Å². The van der Waals surface area contributed by atoms with E-state index in [2.05, 4.69) is 47.6 Å². The minimum Gasteiger partial charge on any atom is -0.479 e. The van der Waals surface area contributed by atoms with Gasteiger partial charge in [-0.2, -0.15) is 5.10 Å². The molecule has 1 aliphatic rings. The van der Waals surface area contributed by atoms with Crippen molar-refractivity contribution in [1.82, 2.24) is 20.3 Å². The molecule has 0 spiro atoms. The van der Waals surface area contributed by atoms with Crippen molar-refractivity contribution in [2.45, 2.75) is 52.0 Å². The number of carbonyl (C=O) groups is 1. The number of carbonyl (C=O) groups excluding carboxylic acids is 1. The van der Waals surface area contributed by atoms with Crippen LogP contribution in [0.5, 0.6) is 5.88 Å². The second-order valence-corrected chi connectivity index (χ2v) is 7.57. The number of aromatic nitrogens is 3. The minimum atomic E-state index is -0.00388. The third kappa shape index (κ3) is 4.04. The molecule has 7 heteroatoms. The summed E-state index contributed by atoms with van der Waals surface area (Å²) in [7, 11) is 1.53. The lowest BCUT2D eigenvalue weighted by molar-refractivity contribution is -0.122. The molecule has 0 saturated carbocycles. The molecule has 1 amide bonds. The fourth-order valence-corrected chi connectivity index (χ4v) is 3.80. The SMILES string of the molecule is COc1cc(CCC(=O)N[C@H]2CCCc3c2cnn3-c2ccc(C)c(C)c2)on1. The molecular weight excluding hydrogens is 368 g/mol. The highest BCUT2D eigenvalue weighted by molar-refractivity contribution is 5.76. The lowest BCUT2D eigenvalue weighted by Gasteiger charge is -2.24. The van der Waals surface area contributed by atoms with Crippen molar-refractivity contribution in [3.8, 4) is 11.6 Å². The van der Waals surface area contributed by atoms with Crippen molar-refractivity contribution < 1.29 is 14.1 Å². The maximum absolute atomic E-state index is 12.5. The van der Waals surface area contributed by atoms with Crippen LogP contribution in [0.2, 0.25) is 0 Å².